The van der Waals surface area contributed by atoms with E-state index in [1.807, 2.05) is 12.1 Å². The van der Waals surface area contributed by atoms with Gasteiger partial charge in [0.1, 0.15) is 11.5 Å². The van der Waals surface area contributed by atoms with Crippen LogP contribution >= 0.6 is 0 Å². The molecule has 0 aliphatic heterocycles. The highest BCUT2D eigenvalue weighted by molar-refractivity contribution is 5.51. The number of benzene rings is 1. The largest absolute Gasteiger partial charge is 0.507 e. The molecule has 1 atom stereocenters. The highest BCUT2D eigenvalue weighted by atomic mass is 16.5. The third-order valence-corrected chi connectivity index (χ3v) is 4.79. The molecule has 0 spiro atoms. The van der Waals surface area contributed by atoms with Gasteiger partial charge in [-0.25, -0.2) is 0 Å². The van der Waals surface area contributed by atoms with Crippen LogP contribution in [0.1, 0.15) is 92.7 Å². The second-order valence-corrected chi connectivity index (χ2v) is 9.97. The van der Waals surface area contributed by atoms with Crippen molar-refractivity contribution in [3.63, 3.8) is 0 Å². The van der Waals surface area contributed by atoms with E-state index >= 15 is 0 Å². The first-order chi connectivity index (χ1) is 11.8. The SMILES string of the molecule is CC(C)=CCC[C@@H](C)CCOc1cc(C(C)(C)C)c(O)c(C(C)(C)C)c1. The molecular formula is C24H40O2. The van der Waals surface area contributed by atoms with E-state index < -0.39 is 0 Å². The maximum absolute atomic E-state index is 10.8. The lowest BCUT2D eigenvalue weighted by molar-refractivity contribution is 0.277. The van der Waals surface area contributed by atoms with Crippen LogP contribution in [0.4, 0.5) is 0 Å². The van der Waals surface area contributed by atoms with E-state index in [1.165, 1.54) is 12.0 Å². The molecule has 0 radical (unpaired) electrons. The number of hydrogen-bond donors (Lipinski definition) is 1. The lowest BCUT2D eigenvalue weighted by Crippen LogP contribution is -2.17. The first-order valence-electron chi connectivity index (χ1n) is 9.96. The van der Waals surface area contributed by atoms with Crippen molar-refractivity contribution in [2.75, 3.05) is 6.61 Å². The molecule has 1 aromatic rings. The first kappa shape index (κ1) is 22.6. The number of allylic oxidation sites excluding steroid dienone is 2. The number of ether oxygens (including phenoxy) is 1. The minimum Gasteiger partial charge on any atom is -0.507 e. The number of phenols is 1. The highest BCUT2D eigenvalue weighted by Crippen LogP contribution is 2.41. The Morgan fingerprint density at radius 3 is 1.92 bits per heavy atom. The maximum atomic E-state index is 10.8. The van der Waals surface area contributed by atoms with Gasteiger partial charge in [0.15, 0.2) is 0 Å². The molecule has 0 aromatic heterocycles. The molecule has 148 valence electrons. The minimum absolute atomic E-state index is 0.124. The minimum atomic E-state index is -0.124. The summed E-state index contributed by atoms with van der Waals surface area (Å²) in [7, 11) is 0. The summed E-state index contributed by atoms with van der Waals surface area (Å²) in [6.07, 6.45) is 5.70. The van der Waals surface area contributed by atoms with Crippen LogP contribution in [-0.2, 0) is 10.8 Å². The summed E-state index contributed by atoms with van der Waals surface area (Å²) >= 11 is 0. The van der Waals surface area contributed by atoms with Gasteiger partial charge in [-0.05, 0) is 62.0 Å². The smallest absolute Gasteiger partial charge is 0.123 e. The van der Waals surface area contributed by atoms with E-state index in [0.717, 1.165) is 29.7 Å². The number of hydrogen-bond acceptors (Lipinski definition) is 2. The second-order valence-electron chi connectivity index (χ2n) is 9.97. The first-order valence-corrected chi connectivity index (χ1v) is 9.96. The van der Waals surface area contributed by atoms with Crippen molar-refractivity contribution in [2.24, 2.45) is 5.92 Å². The Bertz CT molecular complexity index is 573. The summed E-state index contributed by atoms with van der Waals surface area (Å²) in [4.78, 5) is 0. The quantitative estimate of drug-likeness (QED) is 0.524. The molecule has 0 saturated carbocycles. The molecule has 1 N–H and O–H groups in total. The molecule has 0 heterocycles. The molecule has 0 aliphatic rings. The van der Waals surface area contributed by atoms with Gasteiger partial charge in [-0.3, -0.25) is 0 Å². The van der Waals surface area contributed by atoms with Gasteiger partial charge in [0.05, 0.1) is 6.61 Å². The predicted molar refractivity (Wildman–Crippen MR) is 113 cm³/mol. The summed E-state index contributed by atoms with van der Waals surface area (Å²) in [5.41, 5.74) is 3.05. The summed E-state index contributed by atoms with van der Waals surface area (Å²) in [5.74, 6) is 1.92. The lowest BCUT2D eigenvalue weighted by Gasteiger charge is -2.28. The van der Waals surface area contributed by atoms with Gasteiger partial charge in [-0.2, -0.15) is 0 Å². The summed E-state index contributed by atoms with van der Waals surface area (Å²) in [6, 6.07) is 4.02. The fourth-order valence-corrected chi connectivity index (χ4v) is 3.01. The Morgan fingerprint density at radius 1 is 1.00 bits per heavy atom. The van der Waals surface area contributed by atoms with Crippen molar-refractivity contribution < 1.29 is 9.84 Å². The molecule has 2 nitrogen and oxygen atoms in total. The van der Waals surface area contributed by atoms with Crippen LogP contribution < -0.4 is 4.74 Å². The summed E-state index contributed by atoms with van der Waals surface area (Å²) in [6.45, 7) is 20.1. The van der Waals surface area contributed by atoms with Crippen molar-refractivity contribution in [2.45, 2.75) is 92.4 Å². The van der Waals surface area contributed by atoms with Crippen molar-refractivity contribution in [3.8, 4) is 11.5 Å². The monoisotopic (exact) mass is 360 g/mol. The average Bonchev–Trinajstić information content (AvgIpc) is 2.45. The van der Waals surface area contributed by atoms with E-state index in [-0.39, 0.29) is 10.8 Å². The fourth-order valence-electron chi connectivity index (χ4n) is 3.01. The van der Waals surface area contributed by atoms with Crippen LogP contribution in [0.15, 0.2) is 23.8 Å². The van der Waals surface area contributed by atoms with E-state index in [4.69, 9.17) is 4.74 Å². The summed E-state index contributed by atoms with van der Waals surface area (Å²) in [5, 5.41) is 10.8. The van der Waals surface area contributed by atoms with Gasteiger partial charge < -0.3 is 9.84 Å². The van der Waals surface area contributed by atoms with Gasteiger partial charge in [-0.15, -0.1) is 0 Å². The zero-order valence-corrected chi connectivity index (χ0v) is 18.5. The number of aromatic hydroxyl groups is 1. The molecule has 1 rings (SSSR count). The Balaban J connectivity index is 2.85. The predicted octanol–water partition coefficient (Wildman–Crippen LogP) is 7.14. The van der Waals surface area contributed by atoms with Gasteiger partial charge in [-0.1, -0.05) is 60.1 Å². The molecule has 2 heteroatoms. The molecule has 26 heavy (non-hydrogen) atoms. The van der Waals surface area contributed by atoms with Crippen molar-refractivity contribution in [1.82, 2.24) is 0 Å². The van der Waals surface area contributed by atoms with Crippen LogP contribution in [0.25, 0.3) is 0 Å². The molecule has 0 fully saturated rings. The van der Waals surface area contributed by atoms with E-state index in [2.05, 4.69) is 68.4 Å². The normalized spacial score (nSPS) is 13.4. The van der Waals surface area contributed by atoms with Crippen LogP contribution in [0, 0.1) is 5.92 Å². The zero-order valence-electron chi connectivity index (χ0n) is 18.5. The fraction of sp³-hybridized carbons (Fsp3) is 0.667. The van der Waals surface area contributed by atoms with Crippen LogP contribution in [-0.4, -0.2) is 11.7 Å². The van der Waals surface area contributed by atoms with E-state index in [0.29, 0.717) is 18.3 Å². The molecule has 0 bridgehead atoms. The number of rotatable bonds is 7. The Hall–Kier alpha value is -1.44. The molecule has 0 aliphatic carbocycles. The average molecular weight is 361 g/mol. The Morgan fingerprint density at radius 2 is 1.50 bits per heavy atom. The maximum Gasteiger partial charge on any atom is 0.123 e. The lowest BCUT2D eigenvalue weighted by atomic mass is 9.79. The molecule has 1 aromatic carbocycles. The van der Waals surface area contributed by atoms with E-state index in [9.17, 15) is 5.11 Å². The van der Waals surface area contributed by atoms with Crippen LogP contribution in [0.2, 0.25) is 0 Å². The Kier molecular flexibility index (Phi) is 7.80. The second kappa shape index (κ2) is 8.97. The van der Waals surface area contributed by atoms with Crippen molar-refractivity contribution in [3.05, 3.63) is 34.9 Å². The van der Waals surface area contributed by atoms with Gasteiger partial charge in [0, 0.05) is 11.1 Å². The third-order valence-electron chi connectivity index (χ3n) is 4.79. The van der Waals surface area contributed by atoms with Crippen molar-refractivity contribution in [1.29, 1.82) is 0 Å². The Labute approximate surface area is 161 Å². The molecular weight excluding hydrogens is 320 g/mol. The van der Waals surface area contributed by atoms with Crippen LogP contribution in [0.5, 0.6) is 11.5 Å². The zero-order chi connectivity index (χ0) is 20.1. The summed E-state index contributed by atoms with van der Waals surface area (Å²) < 4.78 is 6.10. The molecule has 0 saturated heterocycles. The topological polar surface area (TPSA) is 29.5 Å². The van der Waals surface area contributed by atoms with Gasteiger partial charge >= 0.3 is 0 Å². The van der Waals surface area contributed by atoms with Gasteiger partial charge in [0.2, 0.25) is 0 Å². The number of phenolic OH excluding ortho intramolecular Hbond substituents is 1. The van der Waals surface area contributed by atoms with Crippen LogP contribution in [0.3, 0.4) is 0 Å². The molecule has 0 amide bonds. The standard InChI is InChI=1S/C24H40O2/c1-17(2)11-10-12-18(3)13-14-26-19-15-20(23(4,5)6)22(25)21(16-19)24(7,8)9/h11,15-16,18,25H,10,12-14H2,1-9H3/t18-/m1/s1. The van der Waals surface area contributed by atoms with E-state index in [1.54, 1.807) is 0 Å². The van der Waals surface area contributed by atoms with Crippen molar-refractivity contribution >= 4 is 0 Å². The van der Waals surface area contributed by atoms with Gasteiger partial charge in [0.25, 0.3) is 0 Å². The highest BCUT2D eigenvalue weighted by Gasteiger charge is 2.26. The molecule has 0 unspecified atom stereocenters. The third kappa shape index (κ3) is 7.05.